The molecule has 0 aliphatic rings. The Hall–Kier alpha value is -2.56. The van der Waals surface area contributed by atoms with Crippen LogP contribution >= 0.6 is 0 Å². The second-order valence-electron chi connectivity index (χ2n) is 4.61. The van der Waals surface area contributed by atoms with Gasteiger partial charge in [0.05, 0.1) is 0 Å². The van der Waals surface area contributed by atoms with E-state index < -0.39 is 17.3 Å². The number of halogens is 1. The smallest absolute Gasteiger partial charge is 0.333 e. The normalized spacial score (nSPS) is 13.5. The van der Waals surface area contributed by atoms with E-state index >= 15 is 0 Å². The van der Waals surface area contributed by atoms with Crippen LogP contribution in [0.1, 0.15) is 12.5 Å². The van der Waals surface area contributed by atoms with Crippen molar-refractivity contribution in [3.8, 4) is 5.75 Å². The van der Waals surface area contributed by atoms with Gasteiger partial charge in [0.25, 0.3) is 0 Å². The third-order valence-electron chi connectivity index (χ3n) is 3.09. The first kappa shape index (κ1) is 13.9. The summed E-state index contributed by atoms with van der Waals surface area (Å²) in [6.07, 6.45) is 0. The Balaban J connectivity index is 2.39. The zero-order chi connectivity index (χ0) is 14.8. The van der Waals surface area contributed by atoms with Crippen molar-refractivity contribution in [1.29, 1.82) is 0 Å². The van der Waals surface area contributed by atoms with Crippen molar-refractivity contribution in [3.05, 3.63) is 59.9 Å². The van der Waals surface area contributed by atoms with E-state index in [2.05, 4.69) is 5.32 Å². The minimum absolute atomic E-state index is 0.0484. The summed E-state index contributed by atoms with van der Waals surface area (Å²) in [5, 5.41) is 21.5. The maximum absolute atomic E-state index is 13.2. The average molecular weight is 275 g/mol. The minimum Gasteiger partial charge on any atom is -0.508 e. The summed E-state index contributed by atoms with van der Waals surface area (Å²) in [5.41, 5.74) is -0.614. The highest BCUT2D eigenvalue weighted by atomic mass is 19.1. The summed E-state index contributed by atoms with van der Waals surface area (Å²) in [6.45, 7) is 1.48. The lowest BCUT2D eigenvalue weighted by molar-refractivity contribution is -0.142. The van der Waals surface area contributed by atoms with Gasteiger partial charge >= 0.3 is 5.97 Å². The second-order valence-corrected chi connectivity index (χ2v) is 4.61. The predicted molar refractivity (Wildman–Crippen MR) is 73.1 cm³/mol. The first-order valence-electron chi connectivity index (χ1n) is 5.98. The van der Waals surface area contributed by atoms with Crippen molar-refractivity contribution < 1.29 is 19.4 Å². The molecule has 0 aliphatic heterocycles. The first-order valence-corrected chi connectivity index (χ1v) is 5.98. The lowest BCUT2D eigenvalue weighted by Gasteiger charge is -2.28. The van der Waals surface area contributed by atoms with Gasteiger partial charge in [0, 0.05) is 5.69 Å². The van der Waals surface area contributed by atoms with Crippen LogP contribution in [0.5, 0.6) is 5.75 Å². The number of carbonyl (C=O) groups is 1. The molecule has 0 amide bonds. The second kappa shape index (κ2) is 5.21. The van der Waals surface area contributed by atoms with Gasteiger partial charge in [0.15, 0.2) is 5.54 Å². The Morgan fingerprint density at radius 1 is 1.20 bits per heavy atom. The molecule has 2 rings (SSSR count). The topological polar surface area (TPSA) is 69.6 Å². The lowest BCUT2D eigenvalue weighted by Crippen LogP contribution is -2.40. The third kappa shape index (κ3) is 2.71. The number of rotatable bonds is 4. The molecule has 0 spiro atoms. The lowest BCUT2D eigenvalue weighted by atomic mass is 9.91. The van der Waals surface area contributed by atoms with Gasteiger partial charge in [-0.25, -0.2) is 9.18 Å². The van der Waals surface area contributed by atoms with Crippen molar-refractivity contribution in [2.24, 2.45) is 0 Å². The first-order chi connectivity index (χ1) is 9.41. The minimum atomic E-state index is -1.43. The Morgan fingerprint density at radius 2 is 1.85 bits per heavy atom. The molecule has 3 N–H and O–H groups in total. The Kier molecular flexibility index (Phi) is 3.61. The number of carboxylic acids is 1. The van der Waals surface area contributed by atoms with E-state index in [4.69, 9.17) is 0 Å². The summed E-state index contributed by atoms with van der Waals surface area (Å²) in [5.74, 6) is -1.51. The molecule has 0 aliphatic carbocycles. The fourth-order valence-electron chi connectivity index (χ4n) is 1.90. The molecular formula is C15H14FNO3. The van der Waals surface area contributed by atoms with Gasteiger partial charge in [-0.2, -0.15) is 0 Å². The van der Waals surface area contributed by atoms with E-state index in [9.17, 15) is 19.4 Å². The van der Waals surface area contributed by atoms with Crippen LogP contribution in [-0.2, 0) is 10.3 Å². The number of hydrogen-bond donors (Lipinski definition) is 3. The largest absolute Gasteiger partial charge is 0.508 e. The molecule has 1 atom stereocenters. The van der Waals surface area contributed by atoms with E-state index in [1.165, 1.54) is 49.4 Å². The Morgan fingerprint density at radius 3 is 2.40 bits per heavy atom. The highest BCUT2D eigenvalue weighted by Gasteiger charge is 2.35. The summed E-state index contributed by atoms with van der Waals surface area (Å²) < 4.78 is 13.2. The van der Waals surface area contributed by atoms with Gasteiger partial charge in [-0.1, -0.05) is 18.2 Å². The quantitative estimate of drug-likeness (QED) is 0.802. The Bertz CT molecular complexity index is 627. The van der Waals surface area contributed by atoms with E-state index in [1.54, 1.807) is 6.07 Å². The molecule has 0 aromatic heterocycles. The van der Waals surface area contributed by atoms with E-state index in [0.29, 0.717) is 11.3 Å². The number of phenols is 1. The van der Waals surface area contributed by atoms with Crippen LogP contribution in [0.25, 0.3) is 0 Å². The Labute approximate surface area is 115 Å². The van der Waals surface area contributed by atoms with Crippen LogP contribution in [0.4, 0.5) is 10.1 Å². The molecule has 0 radical (unpaired) electrons. The molecule has 2 aromatic carbocycles. The fraction of sp³-hybridized carbons (Fsp3) is 0.133. The summed E-state index contributed by atoms with van der Waals surface area (Å²) in [4.78, 5) is 11.6. The zero-order valence-electron chi connectivity index (χ0n) is 10.8. The van der Waals surface area contributed by atoms with Gasteiger partial charge in [0.2, 0.25) is 0 Å². The van der Waals surface area contributed by atoms with Crippen molar-refractivity contribution in [1.82, 2.24) is 0 Å². The average Bonchev–Trinajstić information content (AvgIpc) is 2.39. The molecule has 2 aromatic rings. The van der Waals surface area contributed by atoms with Crippen molar-refractivity contribution >= 4 is 11.7 Å². The predicted octanol–water partition coefficient (Wildman–Crippen LogP) is 2.94. The van der Waals surface area contributed by atoms with Crippen molar-refractivity contribution in [3.63, 3.8) is 0 Å². The van der Waals surface area contributed by atoms with Crippen LogP contribution in [0, 0.1) is 5.82 Å². The standard InChI is InChI=1S/C15H14FNO3/c1-15(14(19)20,10-5-7-13(18)8-6-10)17-12-4-2-3-11(16)9-12/h2-9,17-18H,1H3,(H,19,20). The number of carboxylic acid groups (broad SMARTS) is 1. The molecular weight excluding hydrogens is 261 g/mol. The molecule has 4 nitrogen and oxygen atoms in total. The maximum Gasteiger partial charge on any atom is 0.333 e. The summed E-state index contributed by atoms with van der Waals surface area (Å²) in [7, 11) is 0. The SMILES string of the molecule is CC(Nc1cccc(F)c1)(C(=O)O)c1ccc(O)cc1. The number of phenolic OH excluding ortho intramolecular Hbond substituents is 1. The molecule has 5 heteroatoms. The maximum atomic E-state index is 13.2. The molecule has 1 unspecified atom stereocenters. The van der Waals surface area contributed by atoms with Crippen LogP contribution < -0.4 is 5.32 Å². The van der Waals surface area contributed by atoms with Gasteiger partial charge in [-0.3, -0.25) is 0 Å². The van der Waals surface area contributed by atoms with Crippen molar-refractivity contribution in [2.75, 3.05) is 5.32 Å². The number of hydrogen-bond acceptors (Lipinski definition) is 3. The molecule has 0 fully saturated rings. The van der Waals surface area contributed by atoms with Gasteiger partial charge in [0.1, 0.15) is 11.6 Å². The molecule has 0 bridgehead atoms. The fourth-order valence-corrected chi connectivity index (χ4v) is 1.90. The molecule has 104 valence electrons. The van der Waals surface area contributed by atoms with Crippen LogP contribution in [0.2, 0.25) is 0 Å². The highest BCUT2D eigenvalue weighted by molar-refractivity contribution is 5.84. The molecule has 0 saturated heterocycles. The summed E-state index contributed by atoms with van der Waals surface area (Å²) in [6, 6.07) is 11.4. The zero-order valence-corrected chi connectivity index (χ0v) is 10.8. The monoisotopic (exact) mass is 275 g/mol. The van der Waals surface area contributed by atoms with E-state index in [0.717, 1.165) is 0 Å². The molecule has 0 heterocycles. The number of nitrogens with one attached hydrogen (secondary N) is 1. The van der Waals surface area contributed by atoms with Gasteiger partial charge in [-0.15, -0.1) is 0 Å². The number of aliphatic carboxylic acids is 1. The van der Waals surface area contributed by atoms with Crippen LogP contribution in [-0.4, -0.2) is 16.2 Å². The van der Waals surface area contributed by atoms with Crippen LogP contribution in [0.3, 0.4) is 0 Å². The number of benzene rings is 2. The third-order valence-corrected chi connectivity index (χ3v) is 3.09. The highest BCUT2D eigenvalue weighted by Crippen LogP contribution is 2.28. The van der Waals surface area contributed by atoms with Gasteiger partial charge in [-0.05, 0) is 42.8 Å². The van der Waals surface area contributed by atoms with Gasteiger partial charge < -0.3 is 15.5 Å². The van der Waals surface area contributed by atoms with Crippen molar-refractivity contribution in [2.45, 2.75) is 12.5 Å². The summed E-state index contributed by atoms with van der Waals surface area (Å²) >= 11 is 0. The van der Waals surface area contributed by atoms with E-state index in [1.807, 2.05) is 0 Å². The molecule has 0 saturated carbocycles. The molecule has 20 heavy (non-hydrogen) atoms. The number of aromatic hydroxyl groups is 1. The number of anilines is 1. The van der Waals surface area contributed by atoms with Crippen LogP contribution in [0.15, 0.2) is 48.5 Å². The van der Waals surface area contributed by atoms with E-state index in [-0.39, 0.29) is 5.75 Å².